The van der Waals surface area contributed by atoms with E-state index in [-0.39, 0.29) is 5.91 Å². The van der Waals surface area contributed by atoms with Crippen molar-refractivity contribution in [2.75, 3.05) is 11.4 Å². The Morgan fingerprint density at radius 2 is 1.96 bits per heavy atom. The Morgan fingerprint density at radius 3 is 2.79 bits per heavy atom. The average Bonchev–Trinajstić information content (AvgIpc) is 3.12. The highest BCUT2D eigenvalue weighted by molar-refractivity contribution is 7.13. The molecule has 4 rings (SSSR count). The van der Waals surface area contributed by atoms with Gasteiger partial charge < -0.3 is 4.90 Å². The number of carbonyl (C=O) groups excluding carboxylic acids is 1. The maximum atomic E-state index is 13.0. The topological polar surface area (TPSA) is 33.2 Å². The fourth-order valence-electron chi connectivity index (χ4n) is 3.27. The number of nitrogens with zero attached hydrogens (tertiary/aromatic N) is 2. The predicted molar refractivity (Wildman–Crippen MR) is 98.7 cm³/mol. The highest BCUT2D eigenvalue weighted by Crippen LogP contribution is 2.32. The molecule has 120 valence electrons. The van der Waals surface area contributed by atoms with E-state index in [4.69, 9.17) is 0 Å². The number of thiazole rings is 1. The molecule has 1 amide bonds. The molecule has 0 unspecified atom stereocenters. The first-order chi connectivity index (χ1) is 11.7. The molecule has 0 saturated heterocycles. The normalized spacial score (nSPS) is 13.6. The Hall–Kier alpha value is -2.46. The third-order valence-electron chi connectivity index (χ3n) is 4.41. The van der Waals surface area contributed by atoms with Gasteiger partial charge in [-0.05, 0) is 30.9 Å². The van der Waals surface area contributed by atoms with E-state index in [1.165, 1.54) is 16.9 Å². The van der Waals surface area contributed by atoms with Crippen LogP contribution in [0.2, 0.25) is 0 Å². The van der Waals surface area contributed by atoms with Crippen molar-refractivity contribution in [2.45, 2.75) is 19.8 Å². The van der Waals surface area contributed by atoms with E-state index in [2.05, 4.69) is 30.1 Å². The van der Waals surface area contributed by atoms with E-state index in [0.717, 1.165) is 41.2 Å². The Balaban J connectivity index is 1.68. The summed E-state index contributed by atoms with van der Waals surface area (Å²) in [6, 6.07) is 16.3. The van der Waals surface area contributed by atoms with Gasteiger partial charge in [-0.25, -0.2) is 4.98 Å². The first kappa shape index (κ1) is 15.1. The molecule has 4 heteroatoms. The van der Waals surface area contributed by atoms with Crippen molar-refractivity contribution in [3.63, 3.8) is 0 Å². The monoisotopic (exact) mass is 334 g/mol. The van der Waals surface area contributed by atoms with Gasteiger partial charge in [0.05, 0.1) is 5.69 Å². The second-order valence-corrected chi connectivity index (χ2v) is 6.91. The van der Waals surface area contributed by atoms with E-state index < -0.39 is 0 Å². The maximum absolute atomic E-state index is 13.0. The van der Waals surface area contributed by atoms with E-state index >= 15 is 0 Å². The Kier molecular flexibility index (Phi) is 3.90. The van der Waals surface area contributed by atoms with Crippen molar-refractivity contribution in [3.8, 4) is 10.6 Å². The zero-order valence-corrected chi connectivity index (χ0v) is 14.3. The Morgan fingerprint density at radius 1 is 1.12 bits per heavy atom. The summed E-state index contributed by atoms with van der Waals surface area (Å²) in [7, 11) is 0. The molecule has 1 aromatic heterocycles. The molecular weight excluding hydrogens is 316 g/mol. The molecule has 0 N–H and O–H groups in total. The minimum atomic E-state index is 0.00341. The summed E-state index contributed by atoms with van der Waals surface area (Å²) in [5.41, 5.74) is 5.07. The van der Waals surface area contributed by atoms with Gasteiger partial charge in [0.15, 0.2) is 0 Å². The van der Waals surface area contributed by atoms with Crippen LogP contribution in [0, 0.1) is 6.92 Å². The van der Waals surface area contributed by atoms with Gasteiger partial charge in [-0.15, -0.1) is 11.3 Å². The second kappa shape index (κ2) is 6.21. The molecule has 2 heterocycles. The lowest BCUT2D eigenvalue weighted by Gasteiger charge is -2.30. The number of hydrogen-bond donors (Lipinski definition) is 0. The lowest BCUT2D eigenvalue weighted by Crippen LogP contribution is -2.36. The lowest BCUT2D eigenvalue weighted by molar-refractivity contribution is 0.0981. The maximum Gasteiger partial charge on any atom is 0.277 e. The summed E-state index contributed by atoms with van der Waals surface area (Å²) in [6.07, 6.45) is 2.03. The number of benzene rings is 2. The number of anilines is 1. The van der Waals surface area contributed by atoms with E-state index in [1.54, 1.807) is 0 Å². The number of fused-ring (bicyclic) bond motifs is 1. The number of aryl methyl sites for hydroxylation is 2. The fraction of sp³-hybridized carbons (Fsp3) is 0.200. The van der Waals surface area contributed by atoms with E-state index in [9.17, 15) is 4.79 Å². The third kappa shape index (κ3) is 2.63. The molecule has 0 spiro atoms. The van der Waals surface area contributed by atoms with Gasteiger partial charge in [0.2, 0.25) is 0 Å². The molecule has 0 saturated carbocycles. The van der Waals surface area contributed by atoms with Crippen LogP contribution in [0.3, 0.4) is 0 Å². The molecule has 3 aromatic rings. The molecular formula is C20H18N2OS. The average molecular weight is 334 g/mol. The van der Waals surface area contributed by atoms with Crippen molar-refractivity contribution in [1.82, 2.24) is 4.98 Å². The van der Waals surface area contributed by atoms with Gasteiger partial charge in [-0.2, -0.15) is 0 Å². The summed E-state index contributed by atoms with van der Waals surface area (Å²) < 4.78 is 0. The summed E-state index contributed by atoms with van der Waals surface area (Å²) >= 11 is 1.52. The number of para-hydroxylation sites is 1. The summed E-state index contributed by atoms with van der Waals surface area (Å²) in [6.45, 7) is 2.83. The fourth-order valence-corrected chi connectivity index (χ4v) is 4.07. The molecule has 0 bridgehead atoms. The van der Waals surface area contributed by atoms with Crippen molar-refractivity contribution in [1.29, 1.82) is 0 Å². The van der Waals surface area contributed by atoms with E-state index in [0.29, 0.717) is 5.69 Å². The van der Waals surface area contributed by atoms with Gasteiger partial charge >= 0.3 is 0 Å². The lowest BCUT2D eigenvalue weighted by atomic mass is 9.98. The Bertz CT molecular complexity index is 886. The van der Waals surface area contributed by atoms with E-state index in [1.807, 2.05) is 40.6 Å². The van der Waals surface area contributed by atoms with Crippen LogP contribution in [-0.2, 0) is 6.42 Å². The highest BCUT2D eigenvalue weighted by Gasteiger charge is 2.26. The molecule has 1 aliphatic rings. The van der Waals surface area contributed by atoms with Crippen LogP contribution in [0.15, 0.2) is 53.9 Å². The molecule has 3 nitrogen and oxygen atoms in total. The summed E-state index contributed by atoms with van der Waals surface area (Å²) in [4.78, 5) is 19.5. The van der Waals surface area contributed by atoms with Crippen molar-refractivity contribution in [3.05, 3.63) is 70.7 Å². The smallest absolute Gasteiger partial charge is 0.277 e. The van der Waals surface area contributed by atoms with Crippen LogP contribution in [0.25, 0.3) is 10.6 Å². The molecule has 24 heavy (non-hydrogen) atoms. The summed E-state index contributed by atoms with van der Waals surface area (Å²) in [5.74, 6) is 0.00341. The minimum absolute atomic E-state index is 0.00341. The van der Waals surface area contributed by atoms with Crippen molar-refractivity contribution >= 4 is 22.9 Å². The zero-order chi connectivity index (χ0) is 16.5. The first-order valence-electron chi connectivity index (χ1n) is 8.15. The van der Waals surface area contributed by atoms with Crippen LogP contribution >= 0.6 is 11.3 Å². The number of aromatic nitrogens is 1. The van der Waals surface area contributed by atoms with Crippen LogP contribution in [-0.4, -0.2) is 17.4 Å². The van der Waals surface area contributed by atoms with Gasteiger partial charge in [0.1, 0.15) is 10.7 Å². The van der Waals surface area contributed by atoms with Crippen molar-refractivity contribution < 1.29 is 4.79 Å². The van der Waals surface area contributed by atoms with Crippen LogP contribution in [0.1, 0.15) is 28.0 Å². The van der Waals surface area contributed by atoms with Crippen molar-refractivity contribution in [2.24, 2.45) is 0 Å². The quantitative estimate of drug-likeness (QED) is 0.680. The molecule has 0 radical (unpaired) electrons. The third-order valence-corrected chi connectivity index (χ3v) is 5.30. The molecule has 1 aliphatic heterocycles. The molecule has 0 atom stereocenters. The van der Waals surface area contributed by atoms with Crippen LogP contribution in [0.4, 0.5) is 5.69 Å². The number of amides is 1. The molecule has 0 aliphatic carbocycles. The van der Waals surface area contributed by atoms with Gasteiger partial charge in [-0.1, -0.05) is 48.5 Å². The highest BCUT2D eigenvalue weighted by atomic mass is 32.1. The second-order valence-electron chi connectivity index (χ2n) is 6.05. The summed E-state index contributed by atoms with van der Waals surface area (Å²) in [5, 5.41) is 2.76. The molecule has 0 fully saturated rings. The van der Waals surface area contributed by atoms with Gasteiger partial charge in [0.25, 0.3) is 5.91 Å². The zero-order valence-electron chi connectivity index (χ0n) is 13.5. The number of hydrogen-bond acceptors (Lipinski definition) is 3. The van der Waals surface area contributed by atoms with Gasteiger partial charge in [0, 0.05) is 17.5 Å². The Labute approximate surface area is 145 Å². The van der Waals surface area contributed by atoms with Gasteiger partial charge in [-0.3, -0.25) is 4.79 Å². The number of carbonyl (C=O) groups is 1. The number of rotatable bonds is 2. The standard InChI is InChI=1S/C20H18N2OS/c1-14-7-5-10-15-11-6-12-22(18(14)15)20(23)17-13-24-19(21-17)16-8-3-2-4-9-16/h2-5,7-10,13H,6,11-12H2,1H3. The minimum Gasteiger partial charge on any atom is -0.306 e. The van der Waals surface area contributed by atoms with Crippen LogP contribution in [0.5, 0.6) is 0 Å². The SMILES string of the molecule is Cc1cccc2c1N(C(=O)c1csc(-c3ccccc3)n1)CCC2. The van der Waals surface area contributed by atoms with Crippen LogP contribution < -0.4 is 4.90 Å². The largest absolute Gasteiger partial charge is 0.306 e. The predicted octanol–water partition coefficient (Wildman–Crippen LogP) is 4.71. The first-order valence-corrected chi connectivity index (χ1v) is 9.03. The molecule has 2 aromatic carbocycles.